The minimum absolute atomic E-state index is 0.250. The Bertz CT molecular complexity index is 1030. The maximum Gasteiger partial charge on any atom is 0.271 e. The maximum absolute atomic E-state index is 12.3. The van der Waals surface area contributed by atoms with Gasteiger partial charge >= 0.3 is 0 Å². The molecule has 0 radical (unpaired) electrons. The van der Waals surface area contributed by atoms with Crippen LogP contribution in [0.5, 0.6) is 0 Å². The number of thiophene rings is 1. The molecule has 6 heteroatoms. The Morgan fingerprint density at radius 3 is 2.76 bits per heavy atom. The van der Waals surface area contributed by atoms with E-state index in [-0.39, 0.29) is 5.91 Å². The summed E-state index contributed by atoms with van der Waals surface area (Å²) in [6, 6.07) is 13.6. The van der Waals surface area contributed by atoms with E-state index in [1.807, 2.05) is 48.0 Å². The zero-order valence-corrected chi connectivity index (χ0v) is 14.0. The number of hydrogen-bond donors (Lipinski definition) is 1. The Kier molecular flexibility index (Phi) is 4.18. The summed E-state index contributed by atoms with van der Waals surface area (Å²) in [6.07, 6.45) is 5.08. The molecule has 1 N–H and O–H groups in total. The number of amides is 1. The lowest BCUT2D eigenvalue weighted by molar-refractivity contribution is 0.0946. The van der Waals surface area contributed by atoms with Crippen molar-refractivity contribution in [3.8, 4) is 10.4 Å². The number of benzene rings is 1. The van der Waals surface area contributed by atoms with Crippen molar-refractivity contribution in [2.45, 2.75) is 6.54 Å². The first-order valence-electron chi connectivity index (χ1n) is 7.77. The van der Waals surface area contributed by atoms with Crippen molar-refractivity contribution in [3.05, 3.63) is 77.7 Å². The molecule has 1 amide bonds. The van der Waals surface area contributed by atoms with Crippen LogP contribution in [0.15, 0.2) is 66.4 Å². The van der Waals surface area contributed by atoms with Crippen LogP contribution in [-0.2, 0) is 6.54 Å². The summed E-state index contributed by atoms with van der Waals surface area (Å²) < 4.78 is 0. The van der Waals surface area contributed by atoms with Crippen molar-refractivity contribution in [2.75, 3.05) is 0 Å². The van der Waals surface area contributed by atoms with Gasteiger partial charge in [-0.25, -0.2) is 4.98 Å². The van der Waals surface area contributed by atoms with Gasteiger partial charge in [-0.05, 0) is 35.2 Å². The van der Waals surface area contributed by atoms with E-state index in [1.165, 1.54) is 6.20 Å². The van der Waals surface area contributed by atoms with Crippen LogP contribution >= 0.6 is 11.3 Å². The molecule has 3 aromatic heterocycles. The van der Waals surface area contributed by atoms with Crippen LogP contribution in [0.4, 0.5) is 0 Å². The molecule has 4 aromatic rings. The molecule has 0 spiro atoms. The Morgan fingerprint density at radius 2 is 1.92 bits per heavy atom. The monoisotopic (exact) mass is 346 g/mol. The molecule has 4 rings (SSSR count). The van der Waals surface area contributed by atoms with Crippen LogP contribution in [0.3, 0.4) is 0 Å². The summed E-state index contributed by atoms with van der Waals surface area (Å²) in [5.41, 5.74) is 3.77. The van der Waals surface area contributed by atoms with Crippen LogP contribution < -0.4 is 5.32 Å². The highest BCUT2D eigenvalue weighted by atomic mass is 32.1. The van der Waals surface area contributed by atoms with Crippen LogP contribution in [0, 0.1) is 0 Å². The molecular formula is C19H14N4OS. The minimum Gasteiger partial charge on any atom is -0.347 e. The number of fused-ring (bicyclic) bond motifs is 1. The first kappa shape index (κ1) is 15.4. The van der Waals surface area contributed by atoms with Gasteiger partial charge in [-0.3, -0.25) is 14.8 Å². The third-order valence-corrected chi connectivity index (χ3v) is 4.65. The fourth-order valence-corrected chi connectivity index (χ4v) is 3.21. The Hall–Kier alpha value is -3.12. The Morgan fingerprint density at radius 1 is 1.04 bits per heavy atom. The third-order valence-electron chi connectivity index (χ3n) is 3.73. The van der Waals surface area contributed by atoms with Crippen LogP contribution in [0.25, 0.3) is 21.5 Å². The highest BCUT2D eigenvalue weighted by Crippen LogP contribution is 2.24. The molecule has 3 heterocycles. The zero-order valence-electron chi connectivity index (χ0n) is 13.2. The van der Waals surface area contributed by atoms with Gasteiger partial charge in [-0.1, -0.05) is 18.2 Å². The summed E-state index contributed by atoms with van der Waals surface area (Å²) in [7, 11) is 0. The lowest BCUT2D eigenvalue weighted by atomic mass is 10.2. The normalized spacial score (nSPS) is 10.7. The van der Waals surface area contributed by atoms with Crippen molar-refractivity contribution in [1.82, 2.24) is 20.3 Å². The average molecular weight is 346 g/mol. The highest BCUT2D eigenvalue weighted by Gasteiger charge is 2.09. The minimum atomic E-state index is -0.250. The van der Waals surface area contributed by atoms with E-state index in [0.717, 1.165) is 21.5 Å². The molecule has 0 unspecified atom stereocenters. The number of para-hydroxylation sites is 2. The Labute approximate surface area is 148 Å². The van der Waals surface area contributed by atoms with E-state index >= 15 is 0 Å². The smallest absolute Gasteiger partial charge is 0.271 e. The summed E-state index contributed by atoms with van der Waals surface area (Å²) in [6.45, 7) is 0.388. The number of aromatic nitrogens is 3. The molecule has 0 saturated carbocycles. The number of pyridine rings is 1. The van der Waals surface area contributed by atoms with Crippen LogP contribution in [0.1, 0.15) is 16.1 Å². The number of hydrogen-bond acceptors (Lipinski definition) is 5. The fraction of sp³-hybridized carbons (Fsp3) is 0.0526. The van der Waals surface area contributed by atoms with Gasteiger partial charge in [0.2, 0.25) is 0 Å². The molecule has 0 bridgehead atoms. The lowest BCUT2D eigenvalue weighted by Crippen LogP contribution is -2.24. The number of carbonyl (C=O) groups excluding carboxylic acids is 1. The van der Waals surface area contributed by atoms with Crippen molar-refractivity contribution in [2.24, 2.45) is 0 Å². The van der Waals surface area contributed by atoms with Crippen LogP contribution in [-0.4, -0.2) is 20.9 Å². The quantitative estimate of drug-likeness (QED) is 0.612. The molecule has 1 aromatic carbocycles. The van der Waals surface area contributed by atoms with Crippen molar-refractivity contribution < 1.29 is 4.79 Å². The van der Waals surface area contributed by atoms with E-state index in [2.05, 4.69) is 26.3 Å². The maximum atomic E-state index is 12.3. The predicted molar refractivity (Wildman–Crippen MR) is 98.3 cm³/mol. The topological polar surface area (TPSA) is 67.8 Å². The van der Waals surface area contributed by atoms with Gasteiger partial charge in [-0.15, -0.1) is 11.3 Å². The second-order valence-corrected chi connectivity index (χ2v) is 6.43. The third kappa shape index (κ3) is 3.39. The van der Waals surface area contributed by atoms with Gasteiger partial charge in [0.25, 0.3) is 5.91 Å². The second-order valence-electron chi connectivity index (χ2n) is 5.49. The number of carbonyl (C=O) groups is 1. The largest absolute Gasteiger partial charge is 0.347 e. The fourth-order valence-electron chi connectivity index (χ4n) is 2.50. The van der Waals surface area contributed by atoms with Gasteiger partial charge < -0.3 is 5.32 Å². The van der Waals surface area contributed by atoms with Crippen molar-refractivity contribution >= 4 is 28.3 Å². The number of nitrogens with zero attached hydrogens (tertiary/aromatic N) is 3. The predicted octanol–water partition coefficient (Wildman–Crippen LogP) is 3.68. The zero-order chi connectivity index (χ0) is 17.1. The van der Waals surface area contributed by atoms with Crippen molar-refractivity contribution in [1.29, 1.82) is 0 Å². The summed E-state index contributed by atoms with van der Waals surface area (Å²) in [5, 5.41) is 4.90. The first-order chi connectivity index (χ1) is 12.3. The standard InChI is InChI=1S/C19H14N4OS/c24-19(17-12-21-15-4-1-2-5-16(15)23-17)22-10-13-8-14(11-20-9-13)18-6-3-7-25-18/h1-9,11-12H,10H2,(H,22,24). The number of rotatable bonds is 4. The summed E-state index contributed by atoms with van der Waals surface area (Å²) in [4.78, 5) is 26.4. The van der Waals surface area contributed by atoms with Crippen molar-refractivity contribution in [3.63, 3.8) is 0 Å². The molecule has 0 aliphatic heterocycles. The molecule has 0 saturated heterocycles. The SMILES string of the molecule is O=C(NCc1cncc(-c2cccs2)c1)c1cnc2ccccc2n1. The Balaban J connectivity index is 1.48. The summed E-state index contributed by atoms with van der Waals surface area (Å²) >= 11 is 1.66. The van der Waals surface area contributed by atoms with Gasteiger partial charge in [0.15, 0.2) is 0 Å². The molecule has 5 nitrogen and oxygen atoms in total. The molecule has 122 valence electrons. The molecule has 0 atom stereocenters. The van der Waals surface area contributed by atoms with Gasteiger partial charge in [0, 0.05) is 29.4 Å². The van der Waals surface area contributed by atoms with E-state index in [1.54, 1.807) is 17.5 Å². The van der Waals surface area contributed by atoms with E-state index < -0.39 is 0 Å². The molecular weight excluding hydrogens is 332 g/mol. The van der Waals surface area contributed by atoms with Gasteiger partial charge in [-0.2, -0.15) is 0 Å². The average Bonchev–Trinajstić information content (AvgIpc) is 3.21. The van der Waals surface area contributed by atoms with E-state index in [4.69, 9.17) is 0 Å². The lowest BCUT2D eigenvalue weighted by Gasteiger charge is -2.06. The summed E-state index contributed by atoms with van der Waals surface area (Å²) in [5.74, 6) is -0.250. The van der Waals surface area contributed by atoms with E-state index in [9.17, 15) is 4.79 Å². The first-order valence-corrected chi connectivity index (χ1v) is 8.65. The van der Waals surface area contributed by atoms with Gasteiger partial charge in [0.05, 0.1) is 17.2 Å². The van der Waals surface area contributed by atoms with Crippen LogP contribution in [0.2, 0.25) is 0 Å². The highest BCUT2D eigenvalue weighted by molar-refractivity contribution is 7.13. The molecule has 0 aliphatic carbocycles. The van der Waals surface area contributed by atoms with Gasteiger partial charge in [0.1, 0.15) is 5.69 Å². The van der Waals surface area contributed by atoms with E-state index in [0.29, 0.717) is 17.8 Å². The second kappa shape index (κ2) is 6.78. The molecule has 0 fully saturated rings. The number of nitrogens with one attached hydrogen (secondary N) is 1. The molecule has 25 heavy (non-hydrogen) atoms. The molecule has 0 aliphatic rings.